The lowest BCUT2D eigenvalue weighted by Crippen LogP contribution is -2.15. The maximum Gasteiger partial charge on any atom is 0.226 e. The van der Waals surface area contributed by atoms with E-state index in [4.69, 9.17) is 0 Å². The van der Waals surface area contributed by atoms with Gasteiger partial charge in [0.15, 0.2) is 5.65 Å². The Morgan fingerprint density at radius 2 is 2.22 bits per heavy atom. The number of fused-ring (bicyclic) bond motifs is 1. The van der Waals surface area contributed by atoms with Gasteiger partial charge in [0.05, 0.1) is 11.6 Å². The molecule has 0 radical (unpaired) electrons. The Morgan fingerprint density at radius 1 is 1.39 bits per heavy atom. The molecule has 0 unspecified atom stereocenters. The lowest BCUT2D eigenvalue weighted by molar-refractivity contribution is 0.521. The summed E-state index contributed by atoms with van der Waals surface area (Å²) in [5.74, 6) is 1.47. The van der Waals surface area contributed by atoms with Crippen LogP contribution in [-0.2, 0) is 0 Å². The van der Waals surface area contributed by atoms with Crippen LogP contribution in [0.2, 0.25) is 0 Å². The molecule has 2 aromatic heterocycles. The van der Waals surface area contributed by atoms with Crippen molar-refractivity contribution in [3.8, 4) is 0 Å². The lowest BCUT2D eigenvalue weighted by atomic mass is 10.0. The smallest absolute Gasteiger partial charge is 0.226 e. The van der Waals surface area contributed by atoms with Gasteiger partial charge < -0.3 is 10.6 Å². The zero-order valence-corrected chi connectivity index (χ0v) is 10.7. The molecular formula is C12H18N6. The van der Waals surface area contributed by atoms with Crippen molar-refractivity contribution in [3.05, 3.63) is 6.20 Å². The first-order valence-corrected chi connectivity index (χ1v) is 6.39. The Hall–Kier alpha value is -1.85. The molecule has 0 aromatic carbocycles. The molecule has 3 rings (SSSR count). The van der Waals surface area contributed by atoms with Crippen LogP contribution in [0, 0.1) is 5.41 Å². The van der Waals surface area contributed by atoms with E-state index in [0.717, 1.165) is 23.4 Å². The van der Waals surface area contributed by atoms with Crippen LogP contribution in [0.5, 0.6) is 0 Å². The molecule has 0 saturated heterocycles. The van der Waals surface area contributed by atoms with Gasteiger partial charge in [-0.25, -0.2) is 0 Å². The zero-order chi connectivity index (χ0) is 12.6. The molecule has 3 N–H and O–H groups in total. The second-order valence-electron chi connectivity index (χ2n) is 4.99. The first kappa shape index (κ1) is 11.3. The molecule has 1 saturated carbocycles. The molecule has 1 aliphatic carbocycles. The Bertz CT molecular complexity index is 557. The molecule has 2 aromatic rings. The van der Waals surface area contributed by atoms with Gasteiger partial charge in [0.2, 0.25) is 5.95 Å². The van der Waals surface area contributed by atoms with Gasteiger partial charge in [0.25, 0.3) is 0 Å². The van der Waals surface area contributed by atoms with Crippen LogP contribution >= 0.6 is 0 Å². The minimum absolute atomic E-state index is 0.487. The van der Waals surface area contributed by atoms with Crippen LogP contribution in [0.3, 0.4) is 0 Å². The standard InChI is InChI=1S/C12H18N6/c1-3-12(4-5-12)7-14-9-8-6-15-18-10(8)17-11(13-2)16-9/h6H,3-5,7H2,1-2H3,(H3,13,14,15,16,17,18). The lowest BCUT2D eigenvalue weighted by Gasteiger charge is -2.14. The number of nitrogens with one attached hydrogen (secondary N) is 3. The molecule has 0 aliphatic heterocycles. The third-order valence-corrected chi connectivity index (χ3v) is 3.87. The Morgan fingerprint density at radius 3 is 2.89 bits per heavy atom. The summed E-state index contributed by atoms with van der Waals surface area (Å²) in [6, 6.07) is 0. The van der Waals surface area contributed by atoms with Crippen molar-refractivity contribution in [3.63, 3.8) is 0 Å². The summed E-state index contributed by atoms with van der Waals surface area (Å²) in [5, 5.41) is 14.3. The van der Waals surface area contributed by atoms with E-state index in [1.165, 1.54) is 19.3 Å². The Kier molecular flexibility index (Phi) is 2.57. The van der Waals surface area contributed by atoms with Gasteiger partial charge in [-0.1, -0.05) is 6.92 Å². The van der Waals surface area contributed by atoms with Gasteiger partial charge >= 0.3 is 0 Å². The molecule has 96 valence electrons. The number of H-pyrrole nitrogens is 1. The van der Waals surface area contributed by atoms with E-state index in [2.05, 4.69) is 37.7 Å². The Labute approximate surface area is 106 Å². The number of anilines is 2. The number of aromatic nitrogens is 4. The van der Waals surface area contributed by atoms with Gasteiger partial charge in [-0.3, -0.25) is 5.10 Å². The monoisotopic (exact) mass is 246 g/mol. The number of hydrogen-bond acceptors (Lipinski definition) is 5. The topological polar surface area (TPSA) is 78.5 Å². The van der Waals surface area contributed by atoms with Crippen LogP contribution in [0.15, 0.2) is 6.20 Å². The van der Waals surface area contributed by atoms with Crippen molar-refractivity contribution in [1.29, 1.82) is 0 Å². The molecule has 1 fully saturated rings. The summed E-state index contributed by atoms with van der Waals surface area (Å²) in [7, 11) is 1.82. The minimum atomic E-state index is 0.487. The highest BCUT2D eigenvalue weighted by atomic mass is 15.2. The van der Waals surface area contributed by atoms with Crippen molar-refractivity contribution in [2.45, 2.75) is 26.2 Å². The molecule has 6 nitrogen and oxygen atoms in total. The van der Waals surface area contributed by atoms with E-state index in [1.807, 2.05) is 7.05 Å². The number of nitrogens with zero attached hydrogens (tertiary/aromatic N) is 3. The number of rotatable bonds is 5. The van der Waals surface area contributed by atoms with Gasteiger partial charge in [0.1, 0.15) is 5.82 Å². The average Bonchev–Trinajstić information content (AvgIpc) is 3.04. The molecule has 0 amide bonds. The number of hydrogen-bond donors (Lipinski definition) is 3. The zero-order valence-electron chi connectivity index (χ0n) is 10.7. The fraction of sp³-hybridized carbons (Fsp3) is 0.583. The van der Waals surface area contributed by atoms with E-state index in [0.29, 0.717) is 11.4 Å². The van der Waals surface area contributed by atoms with E-state index < -0.39 is 0 Å². The maximum atomic E-state index is 4.46. The third-order valence-electron chi connectivity index (χ3n) is 3.87. The summed E-state index contributed by atoms with van der Waals surface area (Å²) in [4.78, 5) is 8.78. The molecule has 6 heteroatoms. The molecule has 18 heavy (non-hydrogen) atoms. The van der Waals surface area contributed by atoms with Gasteiger partial charge in [0, 0.05) is 13.6 Å². The fourth-order valence-corrected chi connectivity index (χ4v) is 2.18. The molecular weight excluding hydrogens is 228 g/mol. The molecule has 1 aliphatic rings. The van der Waals surface area contributed by atoms with E-state index >= 15 is 0 Å². The van der Waals surface area contributed by atoms with Crippen molar-refractivity contribution in [1.82, 2.24) is 20.2 Å². The summed E-state index contributed by atoms with van der Waals surface area (Å²) in [6.07, 6.45) is 5.62. The van der Waals surface area contributed by atoms with Crippen LogP contribution in [0.4, 0.5) is 11.8 Å². The predicted molar refractivity (Wildman–Crippen MR) is 71.7 cm³/mol. The summed E-state index contributed by atoms with van der Waals surface area (Å²) >= 11 is 0. The normalized spacial score (nSPS) is 16.8. The largest absolute Gasteiger partial charge is 0.369 e. The van der Waals surface area contributed by atoms with E-state index in [9.17, 15) is 0 Å². The summed E-state index contributed by atoms with van der Waals surface area (Å²) < 4.78 is 0. The van der Waals surface area contributed by atoms with Crippen molar-refractivity contribution >= 4 is 22.8 Å². The molecule has 0 bridgehead atoms. The van der Waals surface area contributed by atoms with E-state index in [1.54, 1.807) is 6.20 Å². The van der Waals surface area contributed by atoms with Crippen LogP contribution in [-0.4, -0.2) is 33.8 Å². The highest BCUT2D eigenvalue weighted by Gasteiger charge is 2.40. The van der Waals surface area contributed by atoms with Gasteiger partial charge in [-0.05, 0) is 24.7 Å². The second-order valence-corrected chi connectivity index (χ2v) is 4.99. The van der Waals surface area contributed by atoms with Crippen LogP contribution in [0.1, 0.15) is 26.2 Å². The van der Waals surface area contributed by atoms with Crippen LogP contribution in [0.25, 0.3) is 11.0 Å². The number of aromatic amines is 1. The minimum Gasteiger partial charge on any atom is -0.369 e. The van der Waals surface area contributed by atoms with Crippen molar-refractivity contribution in [2.75, 3.05) is 24.2 Å². The third kappa shape index (κ3) is 1.87. The van der Waals surface area contributed by atoms with Crippen molar-refractivity contribution < 1.29 is 0 Å². The quantitative estimate of drug-likeness (QED) is 0.752. The van der Waals surface area contributed by atoms with Crippen LogP contribution < -0.4 is 10.6 Å². The highest BCUT2D eigenvalue weighted by molar-refractivity contribution is 5.86. The first-order valence-electron chi connectivity index (χ1n) is 6.39. The second kappa shape index (κ2) is 4.12. The molecule has 2 heterocycles. The summed E-state index contributed by atoms with van der Waals surface area (Å²) in [6.45, 7) is 3.23. The fourth-order valence-electron chi connectivity index (χ4n) is 2.18. The van der Waals surface area contributed by atoms with Gasteiger partial charge in [-0.2, -0.15) is 15.1 Å². The predicted octanol–water partition coefficient (Wildman–Crippen LogP) is 2.00. The molecule has 0 spiro atoms. The summed E-state index contributed by atoms with van der Waals surface area (Å²) in [5.41, 5.74) is 1.25. The SMILES string of the molecule is CCC1(CNc2nc(NC)nc3[nH]ncc23)CC1. The maximum absolute atomic E-state index is 4.46. The first-order chi connectivity index (χ1) is 8.76. The Balaban J connectivity index is 1.87. The van der Waals surface area contributed by atoms with E-state index in [-0.39, 0.29) is 0 Å². The average molecular weight is 246 g/mol. The highest BCUT2D eigenvalue weighted by Crippen LogP contribution is 2.48. The molecule has 0 atom stereocenters. The van der Waals surface area contributed by atoms with Crippen molar-refractivity contribution in [2.24, 2.45) is 5.41 Å². The van der Waals surface area contributed by atoms with Gasteiger partial charge in [-0.15, -0.1) is 0 Å².